The van der Waals surface area contributed by atoms with E-state index >= 15 is 0 Å². The minimum Gasteiger partial charge on any atom is -0.486 e. The van der Waals surface area contributed by atoms with Crippen molar-refractivity contribution in [2.45, 2.75) is 32.2 Å². The van der Waals surface area contributed by atoms with Crippen LogP contribution in [-0.2, 0) is 19.2 Å². The van der Waals surface area contributed by atoms with E-state index in [0.29, 0.717) is 56.3 Å². The Labute approximate surface area is 185 Å². The number of likely N-dealkylation sites (tertiary alicyclic amines) is 1. The van der Waals surface area contributed by atoms with E-state index in [0.717, 1.165) is 0 Å². The Kier molecular flexibility index (Phi) is 6.20. The Morgan fingerprint density at radius 1 is 1.09 bits per heavy atom. The summed E-state index contributed by atoms with van der Waals surface area (Å²) >= 11 is 0. The minimum absolute atomic E-state index is 0.0607. The molecule has 0 bridgehead atoms. The second-order valence-corrected chi connectivity index (χ2v) is 8.40. The highest BCUT2D eigenvalue weighted by Crippen LogP contribution is 2.36. The molecular formula is C22H27N3O7. The molecular weight excluding hydrogens is 418 g/mol. The predicted octanol–water partition coefficient (Wildman–Crippen LogP) is 0.639. The van der Waals surface area contributed by atoms with Crippen LogP contribution in [0.4, 0.5) is 5.69 Å². The summed E-state index contributed by atoms with van der Waals surface area (Å²) in [6.07, 6.45) is 0.873. The number of rotatable bonds is 5. The zero-order valence-corrected chi connectivity index (χ0v) is 17.9. The second kappa shape index (κ2) is 9.05. The van der Waals surface area contributed by atoms with Gasteiger partial charge in [0.15, 0.2) is 11.5 Å². The summed E-state index contributed by atoms with van der Waals surface area (Å²) in [7, 11) is 0. The number of ether oxygens (including phenoxy) is 2. The van der Waals surface area contributed by atoms with Gasteiger partial charge in [0.25, 0.3) is 0 Å². The molecule has 1 aromatic carbocycles. The molecule has 3 aliphatic heterocycles. The molecule has 0 aliphatic carbocycles. The van der Waals surface area contributed by atoms with E-state index in [1.165, 1.54) is 0 Å². The van der Waals surface area contributed by atoms with Crippen molar-refractivity contribution in [1.82, 2.24) is 10.2 Å². The van der Waals surface area contributed by atoms with Crippen LogP contribution < -0.4 is 19.7 Å². The number of carboxylic acid groups (broad SMARTS) is 1. The normalized spacial score (nSPS) is 21.9. The fraction of sp³-hybridized carbons (Fsp3) is 0.545. The molecule has 0 spiro atoms. The van der Waals surface area contributed by atoms with Crippen LogP contribution in [0.15, 0.2) is 18.2 Å². The largest absolute Gasteiger partial charge is 0.486 e. The standard InChI is InChI=1S/C22H27N3O7/c1-13(21(28)24-6-4-14(5-7-24)22(29)30)23-20(27)15-10-19(26)25(12-15)16-2-3-17-18(11-16)32-9-8-31-17/h2-3,11,13-15H,4-10,12H2,1H3,(H,23,27)(H,29,30)/t13-,15?/m0/s1. The van der Waals surface area contributed by atoms with Gasteiger partial charge < -0.3 is 29.7 Å². The summed E-state index contributed by atoms with van der Waals surface area (Å²) in [4.78, 5) is 52.2. The van der Waals surface area contributed by atoms with Gasteiger partial charge in [-0.15, -0.1) is 0 Å². The Morgan fingerprint density at radius 3 is 2.47 bits per heavy atom. The number of piperidine rings is 1. The van der Waals surface area contributed by atoms with Crippen molar-refractivity contribution in [2.24, 2.45) is 11.8 Å². The topological polar surface area (TPSA) is 125 Å². The van der Waals surface area contributed by atoms with Crippen LogP contribution in [0.3, 0.4) is 0 Å². The summed E-state index contributed by atoms with van der Waals surface area (Å²) < 4.78 is 11.1. The molecule has 3 amide bonds. The van der Waals surface area contributed by atoms with Crippen molar-refractivity contribution in [3.8, 4) is 11.5 Å². The third-order valence-electron chi connectivity index (χ3n) is 6.22. The van der Waals surface area contributed by atoms with Crippen LogP contribution in [0.1, 0.15) is 26.2 Å². The molecule has 4 rings (SSSR count). The quantitative estimate of drug-likeness (QED) is 0.681. The average molecular weight is 445 g/mol. The van der Waals surface area contributed by atoms with E-state index in [1.54, 1.807) is 34.9 Å². The van der Waals surface area contributed by atoms with Gasteiger partial charge in [-0.05, 0) is 31.9 Å². The number of carbonyl (C=O) groups is 4. The Morgan fingerprint density at radius 2 is 1.78 bits per heavy atom. The first-order chi connectivity index (χ1) is 15.3. The van der Waals surface area contributed by atoms with Crippen molar-refractivity contribution >= 4 is 29.4 Å². The average Bonchev–Trinajstić information content (AvgIpc) is 3.20. The number of nitrogens with one attached hydrogen (secondary N) is 1. The molecule has 0 aromatic heterocycles. The molecule has 2 atom stereocenters. The molecule has 0 radical (unpaired) electrons. The molecule has 2 N–H and O–H groups in total. The fourth-order valence-electron chi connectivity index (χ4n) is 4.35. The third-order valence-corrected chi connectivity index (χ3v) is 6.22. The monoisotopic (exact) mass is 445 g/mol. The van der Waals surface area contributed by atoms with Crippen LogP contribution in [0.25, 0.3) is 0 Å². The smallest absolute Gasteiger partial charge is 0.306 e. The predicted molar refractivity (Wildman–Crippen MR) is 112 cm³/mol. The van der Waals surface area contributed by atoms with Crippen molar-refractivity contribution in [1.29, 1.82) is 0 Å². The highest BCUT2D eigenvalue weighted by atomic mass is 16.6. The number of anilines is 1. The Bertz CT molecular complexity index is 926. The summed E-state index contributed by atoms with van der Waals surface area (Å²) in [5.41, 5.74) is 0.639. The highest BCUT2D eigenvalue weighted by molar-refractivity contribution is 6.01. The molecule has 3 aliphatic rings. The number of aliphatic carboxylic acids is 1. The zero-order valence-electron chi connectivity index (χ0n) is 17.9. The van der Waals surface area contributed by atoms with Gasteiger partial charge >= 0.3 is 5.97 Å². The molecule has 3 heterocycles. The second-order valence-electron chi connectivity index (χ2n) is 8.40. The maximum absolute atomic E-state index is 12.8. The Balaban J connectivity index is 1.32. The van der Waals surface area contributed by atoms with E-state index in [4.69, 9.17) is 14.6 Å². The molecule has 1 aromatic rings. The first-order valence-corrected chi connectivity index (χ1v) is 10.9. The molecule has 2 fully saturated rings. The minimum atomic E-state index is -0.841. The van der Waals surface area contributed by atoms with Crippen LogP contribution >= 0.6 is 0 Å². The summed E-state index contributed by atoms with van der Waals surface area (Å²) in [5.74, 6) is -1.40. The Hall–Kier alpha value is -3.30. The SMILES string of the molecule is C[C@H](NC(=O)C1CC(=O)N(c2ccc3c(c2)OCCO3)C1)C(=O)N1CCC(C(=O)O)CC1. The number of benzene rings is 1. The molecule has 2 saturated heterocycles. The van der Waals surface area contributed by atoms with E-state index in [1.807, 2.05) is 0 Å². The lowest BCUT2D eigenvalue weighted by atomic mass is 9.96. The number of hydrogen-bond acceptors (Lipinski definition) is 6. The van der Waals surface area contributed by atoms with Crippen molar-refractivity contribution in [3.05, 3.63) is 18.2 Å². The van der Waals surface area contributed by atoms with Gasteiger partial charge in [-0.1, -0.05) is 0 Å². The molecule has 32 heavy (non-hydrogen) atoms. The van der Waals surface area contributed by atoms with Gasteiger partial charge in [-0.25, -0.2) is 0 Å². The van der Waals surface area contributed by atoms with E-state index in [2.05, 4.69) is 5.32 Å². The van der Waals surface area contributed by atoms with Gasteiger partial charge in [-0.2, -0.15) is 0 Å². The van der Waals surface area contributed by atoms with Gasteiger partial charge in [0.2, 0.25) is 17.7 Å². The molecule has 0 saturated carbocycles. The van der Waals surface area contributed by atoms with Gasteiger partial charge in [-0.3, -0.25) is 19.2 Å². The number of hydrogen-bond donors (Lipinski definition) is 2. The van der Waals surface area contributed by atoms with E-state index in [9.17, 15) is 19.2 Å². The number of carbonyl (C=O) groups excluding carboxylic acids is 3. The van der Waals surface area contributed by atoms with Crippen LogP contribution in [0.2, 0.25) is 0 Å². The summed E-state index contributed by atoms with van der Waals surface area (Å²) in [6.45, 7) is 3.46. The highest BCUT2D eigenvalue weighted by Gasteiger charge is 2.37. The van der Waals surface area contributed by atoms with E-state index < -0.39 is 23.8 Å². The van der Waals surface area contributed by atoms with Gasteiger partial charge in [0.1, 0.15) is 19.3 Å². The van der Waals surface area contributed by atoms with Crippen molar-refractivity contribution in [2.75, 3.05) is 37.7 Å². The lowest BCUT2D eigenvalue weighted by Gasteiger charge is -2.32. The number of nitrogens with zero attached hydrogens (tertiary/aromatic N) is 2. The summed E-state index contributed by atoms with van der Waals surface area (Å²) in [5, 5.41) is 11.8. The first kappa shape index (κ1) is 21.9. The maximum atomic E-state index is 12.8. The zero-order chi connectivity index (χ0) is 22.8. The van der Waals surface area contributed by atoms with Crippen molar-refractivity contribution < 1.29 is 33.8 Å². The number of carboxylic acids is 1. The summed E-state index contributed by atoms with van der Waals surface area (Å²) in [6, 6.07) is 4.50. The molecule has 1 unspecified atom stereocenters. The van der Waals surface area contributed by atoms with E-state index in [-0.39, 0.29) is 30.7 Å². The fourth-order valence-corrected chi connectivity index (χ4v) is 4.35. The number of fused-ring (bicyclic) bond motifs is 1. The van der Waals surface area contributed by atoms with Gasteiger partial charge in [0.05, 0.1) is 11.8 Å². The molecule has 10 heteroatoms. The van der Waals surface area contributed by atoms with Crippen LogP contribution in [0, 0.1) is 11.8 Å². The number of amides is 3. The van der Waals surface area contributed by atoms with Gasteiger partial charge in [0, 0.05) is 37.8 Å². The van der Waals surface area contributed by atoms with Crippen LogP contribution in [-0.4, -0.2) is 72.6 Å². The maximum Gasteiger partial charge on any atom is 0.306 e. The third kappa shape index (κ3) is 4.49. The van der Waals surface area contributed by atoms with Crippen LogP contribution in [0.5, 0.6) is 11.5 Å². The lowest BCUT2D eigenvalue weighted by molar-refractivity contribution is -0.146. The lowest BCUT2D eigenvalue weighted by Crippen LogP contribution is -2.51. The first-order valence-electron chi connectivity index (χ1n) is 10.9. The molecule has 172 valence electrons. The van der Waals surface area contributed by atoms with Crippen molar-refractivity contribution in [3.63, 3.8) is 0 Å². The molecule has 10 nitrogen and oxygen atoms in total.